The third-order valence-electron chi connectivity index (χ3n) is 3.34. The number of nitrogens with one attached hydrogen (secondary N) is 1. The van der Waals surface area contributed by atoms with E-state index in [4.69, 9.17) is 5.11 Å². The molecule has 122 valence electrons. The zero-order chi connectivity index (χ0) is 17.0. The van der Waals surface area contributed by atoms with Gasteiger partial charge in [-0.2, -0.15) is 0 Å². The molecule has 5 nitrogen and oxygen atoms in total. The molecule has 0 radical (unpaired) electrons. The molecule has 0 aliphatic carbocycles. The minimum Gasteiger partial charge on any atom is -0.478 e. The second-order valence-corrected chi connectivity index (χ2v) is 7.79. The molecule has 0 heterocycles. The van der Waals surface area contributed by atoms with E-state index in [0.29, 0.717) is 12.0 Å². The normalized spacial score (nSPS) is 11.2. The first-order chi connectivity index (χ1) is 10.8. The number of carbonyl (C=O) groups is 1. The van der Waals surface area contributed by atoms with E-state index in [1.807, 2.05) is 24.3 Å². The minimum atomic E-state index is -3.57. The molecule has 0 saturated heterocycles. The van der Waals surface area contributed by atoms with Crippen molar-refractivity contribution in [2.24, 2.45) is 0 Å². The zero-order valence-electron chi connectivity index (χ0n) is 12.4. The molecule has 0 aromatic heterocycles. The Hall–Kier alpha value is -1.86. The van der Waals surface area contributed by atoms with Crippen LogP contribution in [0.25, 0.3) is 0 Å². The summed E-state index contributed by atoms with van der Waals surface area (Å²) < 4.78 is 27.6. The summed E-state index contributed by atoms with van der Waals surface area (Å²) in [5.41, 5.74) is 1.80. The summed E-state index contributed by atoms with van der Waals surface area (Å²) in [6.45, 7) is 1.66. The average molecular weight is 398 g/mol. The fourth-order valence-electron chi connectivity index (χ4n) is 2.09. The van der Waals surface area contributed by atoms with Gasteiger partial charge in [-0.15, -0.1) is 0 Å². The predicted octanol–water partition coefficient (Wildman–Crippen LogP) is 3.44. The van der Waals surface area contributed by atoms with E-state index >= 15 is 0 Å². The quantitative estimate of drug-likeness (QED) is 0.781. The monoisotopic (exact) mass is 397 g/mol. The van der Waals surface area contributed by atoms with Crippen molar-refractivity contribution in [2.75, 3.05) is 10.5 Å². The smallest absolute Gasteiger partial charge is 0.336 e. The van der Waals surface area contributed by atoms with Gasteiger partial charge in [-0.05, 0) is 42.7 Å². The van der Waals surface area contributed by atoms with Crippen LogP contribution in [0.2, 0.25) is 0 Å². The van der Waals surface area contributed by atoms with Gasteiger partial charge < -0.3 is 5.11 Å². The fraction of sp³-hybridized carbons (Fsp3) is 0.188. The zero-order valence-corrected chi connectivity index (χ0v) is 14.8. The first-order valence-corrected chi connectivity index (χ1v) is 9.31. The Labute approximate surface area is 143 Å². The molecule has 0 amide bonds. The second-order valence-electron chi connectivity index (χ2n) is 5.10. The Morgan fingerprint density at radius 3 is 2.57 bits per heavy atom. The maximum Gasteiger partial charge on any atom is 0.336 e. The number of halogens is 1. The van der Waals surface area contributed by atoms with Gasteiger partial charge in [-0.25, -0.2) is 13.2 Å². The lowest BCUT2D eigenvalue weighted by atomic mass is 10.1. The van der Waals surface area contributed by atoms with Crippen LogP contribution in [0.4, 0.5) is 5.69 Å². The number of carboxylic acids is 1. The summed E-state index contributed by atoms with van der Waals surface area (Å²) in [6, 6.07) is 11.9. The molecule has 23 heavy (non-hydrogen) atoms. The third-order valence-corrected chi connectivity index (χ3v) is 5.40. The summed E-state index contributed by atoms with van der Waals surface area (Å²) in [5.74, 6) is -1.18. The number of anilines is 1. The molecule has 0 aliphatic rings. The first-order valence-electron chi connectivity index (χ1n) is 6.86. The highest BCUT2D eigenvalue weighted by molar-refractivity contribution is 9.10. The molecular formula is C16H16BrNO4S. The number of benzene rings is 2. The molecule has 0 atom stereocenters. The lowest BCUT2D eigenvalue weighted by Gasteiger charge is -2.10. The van der Waals surface area contributed by atoms with Crippen LogP contribution in [-0.2, 0) is 16.4 Å². The summed E-state index contributed by atoms with van der Waals surface area (Å²) in [7, 11) is -3.57. The van der Waals surface area contributed by atoms with Gasteiger partial charge in [-0.1, -0.05) is 40.2 Å². The number of hydrogen-bond donors (Lipinski definition) is 2. The van der Waals surface area contributed by atoms with Crippen LogP contribution in [0.5, 0.6) is 0 Å². The molecule has 2 aromatic rings. The first kappa shape index (κ1) is 17.5. The van der Waals surface area contributed by atoms with Crippen molar-refractivity contribution in [3.05, 3.63) is 63.6 Å². The average Bonchev–Trinajstić information content (AvgIpc) is 2.48. The van der Waals surface area contributed by atoms with E-state index in [1.54, 1.807) is 19.1 Å². The molecule has 0 unspecified atom stereocenters. The van der Waals surface area contributed by atoms with Crippen molar-refractivity contribution in [2.45, 2.75) is 13.3 Å². The summed E-state index contributed by atoms with van der Waals surface area (Å²) in [5, 5.41) is 9.09. The topological polar surface area (TPSA) is 83.5 Å². The van der Waals surface area contributed by atoms with E-state index in [9.17, 15) is 13.2 Å². The number of sulfonamides is 1. The third kappa shape index (κ3) is 4.80. The van der Waals surface area contributed by atoms with Gasteiger partial charge in [0, 0.05) is 10.2 Å². The van der Waals surface area contributed by atoms with Crippen molar-refractivity contribution in [3.8, 4) is 0 Å². The van der Waals surface area contributed by atoms with E-state index in [0.717, 1.165) is 10.0 Å². The SMILES string of the molecule is Cc1ccc(NS(=O)(=O)CCc2ccccc2Br)cc1C(=O)O. The van der Waals surface area contributed by atoms with E-state index in [-0.39, 0.29) is 17.0 Å². The Balaban J connectivity index is 2.11. The van der Waals surface area contributed by atoms with E-state index < -0.39 is 16.0 Å². The summed E-state index contributed by atoms with van der Waals surface area (Å²) in [4.78, 5) is 11.1. The Morgan fingerprint density at radius 1 is 1.22 bits per heavy atom. The molecule has 2 N–H and O–H groups in total. The van der Waals surface area contributed by atoms with Crippen LogP contribution in [0.3, 0.4) is 0 Å². The standard InChI is InChI=1S/C16H16BrNO4S/c1-11-6-7-13(10-14(11)16(19)20)18-23(21,22)9-8-12-4-2-3-5-15(12)17/h2-7,10,18H,8-9H2,1H3,(H,19,20). The van der Waals surface area contributed by atoms with Crippen LogP contribution >= 0.6 is 15.9 Å². The van der Waals surface area contributed by atoms with Crippen molar-refractivity contribution in [1.29, 1.82) is 0 Å². The van der Waals surface area contributed by atoms with Gasteiger partial charge in [-0.3, -0.25) is 4.72 Å². The number of aromatic carboxylic acids is 1. The van der Waals surface area contributed by atoms with Crippen LogP contribution in [0.15, 0.2) is 46.9 Å². The van der Waals surface area contributed by atoms with Gasteiger partial charge in [0.25, 0.3) is 0 Å². The van der Waals surface area contributed by atoms with E-state index in [1.165, 1.54) is 6.07 Å². The van der Waals surface area contributed by atoms with Gasteiger partial charge in [0.05, 0.1) is 11.3 Å². The molecule has 0 fully saturated rings. The summed E-state index contributed by atoms with van der Waals surface area (Å²) in [6.07, 6.45) is 0.356. The highest BCUT2D eigenvalue weighted by Gasteiger charge is 2.14. The van der Waals surface area contributed by atoms with Crippen LogP contribution in [-0.4, -0.2) is 25.2 Å². The number of rotatable bonds is 6. The molecule has 0 bridgehead atoms. The maximum atomic E-state index is 12.2. The van der Waals surface area contributed by atoms with Gasteiger partial charge in [0.2, 0.25) is 10.0 Å². The van der Waals surface area contributed by atoms with Gasteiger partial charge in [0.1, 0.15) is 0 Å². The maximum absolute atomic E-state index is 12.2. The lowest BCUT2D eigenvalue weighted by Crippen LogP contribution is -2.18. The molecule has 2 rings (SSSR count). The molecule has 7 heteroatoms. The summed E-state index contributed by atoms with van der Waals surface area (Å²) >= 11 is 3.38. The van der Waals surface area contributed by atoms with Crippen LogP contribution in [0, 0.1) is 6.92 Å². The van der Waals surface area contributed by atoms with Crippen molar-refractivity contribution >= 4 is 37.6 Å². The van der Waals surface area contributed by atoms with Crippen LogP contribution in [0.1, 0.15) is 21.5 Å². The number of hydrogen-bond acceptors (Lipinski definition) is 3. The predicted molar refractivity (Wildman–Crippen MR) is 93.4 cm³/mol. The van der Waals surface area contributed by atoms with Crippen molar-refractivity contribution < 1.29 is 18.3 Å². The van der Waals surface area contributed by atoms with Gasteiger partial charge in [0.15, 0.2) is 0 Å². The van der Waals surface area contributed by atoms with E-state index in [2.05, 4.69) is 20.7 Å². The molecule has 2 aromatic carbocycles. The fourth-order valence-corrected chi connectivity index (χ4v) is 3.65. The minimum absolute atomic E-state index is 0.0796. The Bertz CT molecular complexity index is 834. The van der Waals surface area contributed by atoms with Crippen LogP contribution < -0.4 is 4.72 Å². The highest BCUT2D eigenvalue weighted by atomic mass is 79.9. The van der Waals surface area contributed by atoms with Crippen molar-refractivity contribution in [3.63, 3.8) is 0 Å². The number of aryl methyl sites for hydroxylation is 2. The van der Waals surface area contributed by atoms with Crippen molar-refractivity contribution in [1.82, 2.24) is 0 Å². The lowest BCUT2D eigenvalue weighted by molar-refractivity contribution is 0.0696. The molecule has 0 saturated carbocycles. The largest absolute Gasteiger partial charge is 0.478 e. The molecular weight excluding hydrogens is 382 g/mol. The highest BCUT2D eigenvalue weighted by Crippen LogP contribution is 2.19. The Kier molecular flexibility index (Phi) is 5.43. The molecule has 0 spiro atoms. The second kappa shape index (κ2) is 7.14. The molecule has 0 aliphatic heterocycles. The van der Waals surface area contributed by atoms with Gasteiger partial charge >= 0.3 is 5.97 Å². The number of carboxylic acid groups (broad SMARTS) is 1. The Morgan fingerprint density at radius 2 is 1.91 bits per heavy atom.